The lowest BCUT2D eigenvalue weighted by molar-refractivity contribution is -0.141. The fraction of sp³-hybridized carbons (Fsp3) is 0.615. The molecule has 1 N–H and O–H groups in total. The molecule has 7 heteroatoms. The van der Waals surface area contributed by atoms with E-state index >= 15 is 0 Å². The van der Waals surface area contributed by atoms with E-state index in [1.165, 1.54) is 6.33 Å². The molecule has 0 aromatic carbocycles. The molecule has 0 radical (unpaired) electrons. The predicted molar refractivity (Wildman–Crippen MR) is 71.9 cm³/mol. The number of carboxylic acids is 1. The van der Waals surface area contributed by atoms with Crippen LogP contribution in [0.3, 0.4) is 0 Å². The number of aliphatic carboxylic acids is 1. The lowest BCUT2D eigenvalue weighted by atomic mass is 10.0. The number of hydrogen-bond acceptors (Lipinski definition) is 6. The standard InChI is InChI=1S/C13H19N3O4/c1-8(2)20-12-4-11(14-7-15-12)16(3)10-6-19-5-9(10)13(17)18/h4,7-10H,5-6H2,1-3H3,(H,17,18). The molecule has 2 unspecified atom stereocenters. The molecule has 1 aliphatic rings. The van der Waals surface area contributed by atoms with E-state index < -0.39 is 11.9 Å². The van der Waals surface area contributed by atoms with Crippen LogP contribution in [0.2, 0.25) is 0 Å². The van der Waals surface area contributed by atoms with Crippen molar-refractivity contribution in [1.29, 1.82) is 0 Å². The van der Waals surface area contributed by atoms with Gasteiger partial charge in [-0.25, -0.2) is 9.97 Å². The quantitative estimate of drug-likeness (QED) is 0.854. The Labute approximate surface area is 117 Å². The van der Waals surface area contributed by atoms with E-state index in [9.17, 15) is 9.90 Å². The Hall–Kier alpha value is -1.89. The second kappa shape index (κ2) is 6.04. The molecule has 1 fully saturated rings. The molecule has 0 aliphatic carbocycles. The topological polar surface area (TPSA) is 84.8 Å². The number of nitrogens with zero attached hydrogens (tertiary/aromatic N) is 3. The molecule has 7 nitrogen and oxygen atoms in total. The van der Waals surface area contributed by atoms with Crippen LogP contribution in [0.4, 0.5) is 5.82 Å². The van der Waals surface area contributed by atoms with Crippen LogP contribution in [0.25, 0.3) is 0 Å². The molecule has 0 bridgehead atoms. The van der Waals surface area contributed by atoms with Crippen molar-refractivity contribution in [3.63, 3.8) is 0 Å². The predicted octanol–water partition coefficient (Wildman–Crippen LogP) is 0.800. The SMILES string of the molecule is CC(C)Oc1cc(N(C)C2COCC2C(=O)O)ncn1. The van der Waals surface area contributed by atoms with Gasteiger partial charge in [-0.3, -0.25) is 4.79 Å². The molecule has 1 saturated heterocycles. The number of likely N-dealkylation sites (N-methyl/N-ethyl adjacent to an activating group) is 1. The van der Waals surface area contributed by atoms with Gasteiger partial charge in [0.2, 0.25) is 5.88 Å². The van der Waals surface area contributed by atoms with Gasteiger partial charge >= 0.3 is 5.97 Å². The summed E-state index contributed by atoms with van der Waals surface area (Å²) >= 11 is 0. The summed E-state index contributed by atoms with van der Waals surface area (Å²) in [5.41, 5.74) is 0. The van der Waals surface area contributed by atoms with Crippen molar-refractivity contribution in [3.05, 3.63) is 12.4 Å². The molecule has 1 aliphatic heterocycles. The van der Waals surface area contributed by atoms with Crippen LogP contribution in [-0.2, 0) is 9.53 Å². The second-order valence-corrected chi connectivity index (χ2v) is 5.04. The number of ether oxygens (including phenoxy) is 2. The molecule has 0 spiro atoms. The molecule has 1 aromatic rings. The van der Waals surface area contributed by atoms with E-state index in [-0.39, 0.29) is 18.8 Å². The summed E-state index contributed by atoms with van der Waals surface area (Å²) in [6.07, 6.45) is 1.43. The number of carbonyl (C=O) groups is 1. The van der Waals surface area contributed by atoms with Crippen LogP contribution in [-0.4, -0.2) is 53.5 Å². The van der Waals surface area contributed by atoms with E-state index in [2.05, 4.69) is 9.97 Å². The van der Waals surface area contributed by atoms with Crippen molar-refractivity contribution in [3.8, 4) is 5.88 Å². The van der Waals surface area contributed by atoms with E-state index in [1.807, 2.05) is 13.8 Å². The maximum Gasteiger partial charge on any atom is 0.311 e. The highest BCUT2D eigenvalue weighted by atomic mass is 16.5. The Balaban J connectivity index is 2.16. The average molecular weight is 281 g/mol. The van der Waals surface area contributed by atoms with Gasteiger partial charge in [-0.1, -0.05) is 0 Å². The number of carboxylic acid groups (broad SMARTS) is 1. The molecule has 2 rings (SSSR count). The van der Waals surface area contributed by atoms with Gasteiger partial charge < -0.3 is 19.5 Å². The minimum Gasteiger partial charge on any atom is -0.481 e. The summed E-state index contributed by atoms with van der Waals surface area (Å²) in [5.74, 6) is -0.309. The van der Waals surface area contributed by atoms with E-state index in [0.717, 1.165) is 0 Å². The van der Waals surface area contributed by atoms with Gasteiger partial charge in [0, 0.05) is 13.1 Å². The fourth-order valence-corrected chi connectivity index (χ4v) is 2.16. The van der Waals surface area contributed by atoms with Crippen LogP contribution in [0, 0.1) is 5.92 Å². The Morgan fingerprint density at radius 3 is 2.90 bits per heavy atom. The lowest BCUT2D eigenvalue weighted by Crippen LogP contribution is -2.41. The molecular weight excluding hydrogens is 262 g/mol. The summed E-state index contributed by atoms with van der Waals surface area (Å²) < 4.78 is 10.8. The first kappa shape index (κ1) is 14.5. The minimum atomic E-state index is -0.855. The maximum atomic E-state index is 11.2. The fourth-order valence-electron chi connectivity index (χ4n) is 2.16. The Kier molecular flexibility index (Phi) is 4.39. The van der Waals surface area contributed by atoms with Crippen LogP contribution >= 0.6 is 0 Å². The number of aromatic nitrogens is 2. The van der Waals surface area contributed by atoms with Gasteiger partial charge in [0.1, 0.15) is 18.1 Å². The van der Waals surface area contributed by atoms with E-state index in [0.29, 0.717) is 18.3 Å². The number of hydrogen-bond donors (Lipinski definition) is 1. The van der Waals surface area contributed by atoms with Crippen molar-refractivity contribution in [2.24, 2.45) is 5.92 Å². The summed E-state index contributed by atoms with van der Waals surface area (Å²) in [6, 6.07) is 1.46. The monoisotopic (exact) mass is 281 g/mol. The van der Waals surface area contributed by atoms with Crippen LogP contribution in [0.5, 0.6) is 5.88 Å². The number of anilines is 1. The van der Waals surface area contributed by atoms with Gasteiger partial charge in [-0.2, -0.15) is 0 Å². The minimum absolute atomic E-state index is 0.0182. The molecule has 2 atom stereocenters. The van der Waals surface area contributed by atoms with E-state index in [1.54, 1.807) is 18.0 Å². The summed E-state index contributed by atoms with van der Waals surface area (Å²) in [7, 11) is 1.80. The van der Waals surface area contributed by atoms with E-state index in [4.69, 9.17) is 9.47 Å². The third-order valence-electron chi connectivity index (χ3n) is 3.21. The normalized spacial score (nSPS) is 22.0. The zero-order chi connectivity index (χ0) is 14.7. The van der Waals surface area contributed by atoms with Crippen molar-refractivity contribution in [2.45, 2.75) is 26.0 Å². The number of rotatable bonds is 5. The summed E-state index contributed by atoms with van der Waals surface area (Å²) in [6.45, 7) is 4.43. The maximum absolute atomic E-state index is 11.2. The largest absolute Gasteiger partial charge is 0.481 e. The zero-order valence-electron chi connectivity index (χ0n) is 11.8. The summed E-state index contributed by atoms with van der Waals surface area (Å²) in [4.78, 5) is 21.2. The smallest absolute Gasteiger partial charge is 0.311 e. The Morgan fingerprint density at radius 1 is 1.50 bits per heavy atom. The third-order valence-corrected chi connectivity index (χ3v) is 3.21. The van der Waals surface area contributed by atoms with Crippen LogP contribution < -0.4 is 9.64 Å². The molecule has 2 heterocycles. The molecule has 0 saturated carbocycles. The average Bonchev–Trinajstić information content (AvgIpc) is 2.86. The Morgan fingerprint density at radius 2 is 2.25 bits per heavy atom. The second-order valence-electron chi connectivity index (χ2n) is 5.04. The summed E-state index contributed by atoms with van der Waals surface area (Å²) in [5, 5.41) is 9.19. The third kappa shape index (κ3) is 3.16. The molecular formula is C13H19N3O4. The Bertz CT molecular complexity index is 480. The van der Waals surface area contributed by atoms with Crippen molar-refractivity contribution < 1.29 is 19.4 Å². The molecule has 0 amide bonds. The molecule has 1 aromatic heterocycles. The van der Waals surface area contributed by atoms with Crippen molar-refractivity contribution in [2.75, 3.05) is 25.2 Å². The van der Waals surface area contributed by atoms with Crippen LogP contribution in [0.1, 0.15) is 13.8 Å². The first-order chi connectivity index (χ1) is 9.49. The highest BCUT2D eigenvalue weighted by Gasteiger charge is 2.37. The lowest BCUT2D eigenvalue weighted by Gasteiger charge is -2.27. The first-order valence-electron chi connectivity index (χ1n) is 6.51. The van der Waals surface area contributed by atoms with Gasteiger partial charge in [0.15, 0.2) is 0 Å². The van der Waals surface area contributed by atoms with Crippen molar-refractivity contribution >= 4 is 11.8 Å². The molecule has 110 valence electrons. The van der Waals surface area contributed by atoms with Gasteiger partial charge in [-0.05, 0) is 13.8 Å². The highest BCUT2D eigenvalue weighted by molar-refractivity contribution is 5.72. The zero-order valence-corrected chi connectivity index (χ0v) is 11.8. The highest BCUT2D eigenvalue weighted by Crippen LogP contribution is 2.24. The first-order valence-corrected chi connectivity index (χ1v) is 6.51. The van der Waals surface area contributed by atoms with Crippen LogP contribution in [0.15, 0.2) is 12.4 Å². The van der Waals surface area contributed by atoms with Gasteiger partial charge in [-0.15, -0.1) is 0 Å². The van der Waals surface area contributed by atoms with Gasteiger partial charge in [0.25, 0.3) is 0 Å². The molecule has 20 heavy (non-hydrogen) atoms. The van der Waals surface area contributed by atoms with Gasteiger partial charge in [0.05, 0.1) is 25.4 Å². The van der Waals surface area contributed by atoms with Crippen molar-refractivity contribution in [1.82, 2.24) is 9.97 Å².